The molecule has 0 bridgehead atoms. The van der Waals surface area contributed by atoms with E-state index in [1.165, 1.54) is 12.1 Å². The molecule has 1 amide bonds. The Morgan fingerprint density at radius 3 is 2.86 bits per heavy atom. The molecule has 22 heavy (non-hydrogen) atoms. The Morgan fingerprint density at radius 1 is 1.41 bits per heavy atom. The first-order chi connectivity index (χ1) is 10.6. The predicted octanol–water partition coefficient (Wildman–Crippen LogP) is 4.28. The van der Waals surface area contributed by atoms with Gasteiger partial charge in [-0.15, -0.1) is 17.9 Å². The first-order valence-corrected chi connectivity index (χ1v) is 8.30. The largest absolute Gasteiger partial charge is 0.325 e. The van der Waals surface area contributed by atoms with Crippen LogP contribution in [0.15, 0.2) is 52.8 Å². The van der Waals surface area contributed by atoms with E-state index < -0.39 is 0 Å². The van der Waals surface area contributed by atoms with Crippen LogP contribution in [0.3, 0.4) is 0 Å². The van der Waals surface area contributed by atoms with E-state index in [2.05, 4.69) is 27.8 Å². The summed E-state index contributed by atoms with van der Waals surface area (Å²) >= 11 is 5.06. The Balaban J connectivity index is 1.94. The molecule has 1 aromatic carbocycles. The van der Waals surface area contributed by atoms with E-state index in [0.717, 1.165) is 8.66 Å². The van der Waals surface area contributed by atoms with Crippen LogP contribution < -0.4 is 5.32 Å². The molecule has 0 saturated heterocycles. The van der Waals surface area contributed by atoms with Gasteiger partial charge in [-0.25, -0.2) is 4.39 Å². The molecule has 0 atom stereocenters. The van der Waals surface area contributed by atoms with Gasteiger partial charge in [-0.3, -0.25) is 9.69 Å². The van der Waals surface area contributed by atoms with Crippen LogP contribution in [0, 0.1) is 5.82 Å². The molecule has 2 aromatic rings. The fourth-order valence-corrected chi connectivity index (χ4v) is 3.52. The molecule has 1 aromatic heterocycles. The SMILES string of the molecule is C=CCN(CC(=O)Nc1cccc(F)c1)Cc1ccc(Br)s1. The minimum absolute atomic E-state index is 0.178. The summed E-state index contributed by atoms with van der Waals surface area (Å²) in [5.74, 6) is -0.549. The average molecular weight is 383 g/mol. The van der Waals surface area contributed by atoms with Crippen LogP contribution in [0.5, 0.6) is 0 Å². The maximum atomic E-state index is 13.1. The Hall–Kier alpha value is -1.50. The number of carbonyl (C=O) groups excluding carboxylic acids is 1. The second-order valence-electron chi connectivity index (χ2n) is 4.72. The lowest BCUT2D eigenvalue weighted by Crippen LogP contribution is -2.32. The average Bonchev–Trinajstić information content (AvgIpc) is 2.84. The first kappa shape index (κ1) is 16.9. The third kappa shape index (κ3) is 5.36. The van der Waals surface area contributed by atoms with Crippen LogP contribution in [0.4, 0.5) is 10.1 Å². The number of hydrogen-bond donors (Lipinski definition) is 1. The van der Waals surface area contributed by atoms with Crippen molar-refractivity contribution in [2.24, 2.45) is 0 Å². The number of nitrogens with zero attached hydrogens (tertiary/aromatic N) is 1. The molecule has 116 valence electrons. The van der Waals surface area contributed by atoms with Crippen LogP contribution in [0.2, 0.25) is 0 Å². The number of benzene rings is 1. The van der Waals surface area contributed by atoms with E-state index in [4.69, 9.17) is 0 Å². The van der Waals surface area contributed by atoms with Crippen molar-refractivity contribution in [1.82, 2.24) is 4.90 Å². The molecule has 0 aliphatic carbocycles. The van der Waals surface area contributed by atoms with E-state index in [1.54, 1.807) is 29.5 Å². The molecule has 1 heterocycles. The van der Waals surface area contributed by atoms with Crippen LogP contribution in [-0.2, 0) is 11.3 Å². The standard InChI is InChI=1S/C16H16BrFN2OS/c1-2-8-20(10-14-6-7-15(17)22-14)11-16(21)19-13-5-3-4-12(18)9-13/h2-7,9H,1,8,10-11H2,(H,19,21). The van der Waals surface area contributed by atoms with E-state index in [9.17, 15) is 9.18 Å². The molecule has 0 aliphatic rings. The Morgan fingerprint density at radius 2 is 2.23 bits per heavy atom. The van der Waals surface area contributed by atoms with Crippen molar-refractivity contribution in [2.45, 2.75) is 6.54 Å². The van der Waals surface area contributed by atoms with Crippen LogP contribution in [-0.4, -0.2) is 23.9 Å². The zero-order chi connectivity index (χ0) is 15.9. The minimum Gasteiger partial charge on any atom is -0.325 e. The van der Waals surface area contributed by atoms with Crippen molar-refractivity contribution < 1.29 is 9.18 Å². The lowest BCUT2D eigenvalue weighted by atomic mass is 10.3. The quantitative estimate of drug-likeness (QED) is 0.724. The summed E-state index contributed by atoms with van der Waals surface area (Å²) in [6.45, 7) is 5.21. The van der Waals surface area contributed by atoms with Gasteiger partial charge in [-0.2, -0.15) is 0 Å². The van der Waals surface area contributed by atoms with E-state index in [0.29, 0.717) is 18.8 Å². The van der Waals surface area contributed by atoms with Crippen molar-refractivity contribution in [3.63, 3.8) is 0 Å². The number of anilines is 1. The molecule has 0 aliphatic heterocycles. The maximum Gasteiger partial charge on any atom is 0.238 e. The van der Waals surface area contributed by atoms with Crippen molar-refractivity contribution in [3.05, 3.63) is 63.5 Å². The summed E-state index contributed by atoms with van der Waals surface area (Å²) in [6.07, 6.45) is 1.76. The van der Waals surface area contributed by atoms with Crippen molar-refractivity contribution >= 4 is 38.9 Å². The van der Waals surface area contributed by atoms with E-state index >= 15 is 0 Å². The van der Waals surface area contributed by atoms with Gasteiger partial charge in [0.2, 0.25) is 5.91 Å². The normalized spacial score (nSPS) is 10.7. The summed E-state index contributed by atoms with van der Waals surface area (Å²) in [4.78, 5) is 15.2. The third-order valence-electron chi connectivity index (χ3n) is 2.87. The molecule has 1 N–H and O–H groups in total. The number of carbonyl (C=O) groups is 1. The van der Waals surface area contributed by atoms with Gasteiger partial charge in [0, 0.05) is 23.7 Å². The number of hydrogen-bond acceptors (Lipinski definition) is 3. The molecule has 0 unspecified atom stereocenters. The van der Waals surface area contributed by atoms with Gasteiger partial charge in [0.15, 0.2) is 0 Å². The minimum atomic E-state index is -0.371. The summed E-state index contributed by atoms with van der Waals surface area (Å²) in [6, 6.07) is 9.87. The summed E-state index contributed by atoms with van der Waals surface area (Å²) in [7, 11) is 0. The summed E-state index contributed by atoms with van der Waals surface area (Å²) in [5.41, 5.74) is 0.461. The van der Waals surface area contributed by atoms with Crippen LogP contribution >= 0.6 is 27.3 Å². The van der Waals surface area contributed by atoms with Crippen LogP contribution in [0.1, 0.15) is 4.88 Å². The van der Waals surface area contributed by atoms with Gasteiger partial charge in [0.25, 0.3) is 0 Å². The smallest absolute Gasteiger partial charge is 0.238 e. The summed E-state index contributed by atoms with van der Waals surface area (Å²) in [5, 5.41) is 2.70. The van der Waals surface area contributed by atoms with Gasteiger partial charge >= 0.3 is 0 Å². The van der Waals surface area contributed by atoms with Crippen LogP contribution in [0.25, 0.3) is 0 Å². The number of thiophene rings is 1. The molecule has 3 nitrogen and oxygen atoms in total. The number of nitrogens with one attached hydrogen (secondary N) is 1. The fourth-order valence-electron chi connectivity index (χ4n) is 1.99. The topological polar surface area (TPSA) is 32.3 Å². The summed E-state index contributed by atoms with van der Waals surface area (Å²) < 4.78 is 14.2. The fraction of sp³-hybridized carbons (Fsp3) is 0.188. The van der Waals surface area contributed by atoms with Gasteiger partial charge in [-0.1, -0.05) is 12.1 Å². The van der Waals surface area contributed by atoms with Crippen molar-refractivity contribution in [2.75, 3.05) is 18.4 Å². The molecule has 2 rings (SSSR count). The second-order valence-corrected chi connectivity index (χ2v) is 7.27. The highest BCUT2D eigenvalue weighted by Gasteiger charge is 2.12. The van der Waals surface area contributed by atoms with Gasteiger partial charge in [-0.05, 0) is 46.3 Å². The number of amides is 1. The van der Waals surface area contributed by atoms with Crippen molar-refractivity contribution in [3.8, 4) is 0 Å². The zero-order valence-corrected chi connectivity index (χ0v) is 14.3. The highest BCUT2D eigenvalue weighted by molar-refractivity contribution is 9.11. The van der Waals surface area contributed by atoms with Gasteiger partial charge in [0.05, 0.1) is 10.3 Å². The lowest BCUT2D eigenvalue weighted by Gasteiger charge is -2.19. The molecule has 0 fully saturated rings. The highest BCUT2D eigenvalue weighted by atomic mass is 79.9. The van der Waals surface area contributed by atoms with Gasteiger partial charge in [0.1, 0.15) is 5.82 Å². The maximum absolute atomic E-state index is 13.1. The predicted molar refractivity (Wildman–Crippen MR) is 92.5 cm³/mol. The Kier molecular flexibility index (Phi) is 6.30. The third-order valence-corrected chi connectivity index (χ3v) is 4.48. The lowest BCUT2D eigenvalue weighted by molar-refractivity contribution is -0.117. The number of halogens is 2. The molecular weight excluding hydrogens is 367 g/mol. The Bertz CT molecular complexity index is 659. The van der Waals surface area contributed by atoms with Gasteiger partial charge < -0.3 is 5.32 Å². The molecule has 6 heteroatoms. The highest BCUT2D eigenvalue weighted by Crippen LogP contribution is 2.23. The molecule has 0 saturated carbocycles. The molecule has 0 spiro atoms. The first-order valence-electron chi connectivity index (χ1n) is 6.69. The van der Waals surface area contributed by atoms with E-state index in [-0.39, 0.29) is 18.3 Å². The monoisotopic (exact) mass is 382 g/mol. The van der Waals surface area contributed by atoms with Crippen molar-refractivity contribution in [1.29, 1.82) is 0 Å². The molecule has 0 radical (unpaired) electrons. The second kappa shape index (κ2) is 8.22. The van der Waals surface area contributed by atoms with E-state index in [1.807, 2.05) is 17.0 Å². The molecular formula is C16H16BrFN2OS. The Labute approximate surface area is 141 Å². The number of rotatable bonds is 7. The zero-order valence-electron chi connectivity index (χ0n) is 11.9.